The quantitative estimate of drug-likeness (QED) is 0.866. The van der Waals surface area contributed by atoms with Gasteiger partial charge >= 0.3 is 0 Å². The Kier molecular flexibility index (Phi) is 4.65. The van der Waals surface area contributed by atoms with E-state index in [1.54, 1.807) is 6.92 Å². The Morgan fingerprint density at radius 2 is 2.20 bits per heavy atom. The molecule has 1 aromatic carbocycles. The maximum Gasteiger partial charge on any atom is 0.260 e. The van der Waals surface area contributed by atoms with Crippen LogP contribution in [0.3, 0.4) is 0 Å². The number of hydrogen-bond donors (Lipinski definition) is 2. The molecule has 0 aliphatic heterocycles. The molecule has 0 fully saturated rings. The maximum atomic E-state index is 11.9. The summed E-state index contributed by atoms with van der Waals surface area (Å²) in [5, 5.41) is 2.88. The fraction of sp³-hybridized carbons (Fsp3) is 0.562. The van der Waals surface area contributed by atoms with Gasteiger partial charge < -0.3 is 15.8 Å². The summed E-state index contributed by atoms with van der Waals surface area (Å²) < 4.78 is 5.72. The van der Waals surface area contributed by atoms with E-state index in [9.17, 15) is 4.79 Å². The van der Waals surface area contributed by atoms with E-state index in [0.717, 1.165) is 18.6 Å². The second kappa shape index (κ2) is 6.27. The molecule has 1 aliphatic rings. The van der Waals surface area contributed by atoms with Gasteiger partial charge in [0.15, 0.2) is 6.10 Å². The Hall–Kier alpha value is -1.55. The van der Waals surface area contributed by atoms with Crippen molar-refractivity contribution in [1.82, 2.24) is 5.32 Å². The van der Waals surface area contributed by atoms with Gasteiger partial charge in [0.25, 0.3) is 5.91 Å². The molecule has 2 rings (SSSR count). The minimum atomic E-state index is -0.484. The number of nitrogens with two attached hydrogens (primary N) is 1. The molecule has 20 heavy (non-hydrogen) atoms. The fourth-order valence-corrected chi connectivity index (χ4v) is 2.41. The number of ether oxygens (including phenoxy) is 1. The molecular formula is C16H24N2O2. The molecule has 0 saturated heterocycles. The van der Waals surface area contributed by atoms with Crippen LogP contribution >= 0.6 is 0 Å². The second-order valence-electron chi connectivity index (χ2n) is 5.90. The van der Waals surface area contributed by atoms with Gasteiger partial charge in [-0.25, -0.2) is 0 Å². The van der Waals surface area contributed by atoms with Gasteiger partial charge in [-0.15, -0.1) is 0 Å². The van der Waals surface area contributed by atoms with Crippen molar-refractivity contribution in [3.8, 4) is 5.75 Å². The Morgan fingerprint density at radius 3 is 2.90 bits per heavy atom. The largest absolute Gasteiger partial charge is 0.481 e. The number of nitrogens with one attached hydrogen (secondary N) is 1. The summed E-state index contributed by atoms with van der Waals surface area (Å²) in [6, 6.07) is 6.07. The van der Waals surface area contributed by atoms with Crippen LogP contribution in [-0.2, 0) is 11.2 Å². The Bertz CT molecular complexity index is 485. The van der Waals surface area contributed by atoms with Gasteiger partial charge in [0, 0.05) is 12.6 Å². The zero-order valence-corrected chi connectivity index (χ0v) is 12.5. The number of aryl methyl sites for hydroxylation is 1. The molecule has 3 N–H and O–H groups in total. The van der Waals surface area contributed by atoms with Crippen molar-refractivity contribution >= 4 is 5.91 Å². The van der Waals surface area contributed by atoms with Crippen molar-refractivity contribution in [2.45, 2.75) is 45.8 Å². The van der Waals surface area contributed by atoms with Gasteiger partial charge in [0.1, 0.15) is 5.75 Å². The third kappa shape index (κ3) is 3.51. The van der Waals surface area contributed by atoms with Crippen molar-refractivity contribution in [2.75, 3.05) is 6.54 Å². The van der Waals surface area contributed by atoms with Crippen molar-refractivity contribution in [3.63, 3.8) is 0 Å². The van der Waals surface area contributed by atoms with Crippen LogP contribution in [0.25, 0.3) is 0 Å². The van der Waals surface area contributed by atoms with E-state index in [0.29, 0.717) is 12.5 Å². The van der Waals surface area contributed by atoms with Gasteiger partial charge in [-0.2, -0.15) is 0 Å². The van der Waals surface area contributed by atoms with Crippen LogP contribution in [0.4, 0.5) is 0 Å². The Morgan fingerprint density at radius 1 is 1.45 bits per heavy atom. The third-order valence-electron chi connectivity index (χ3n) is 3.61. The minimum Gasteiger partial charge on any atom is -0.481 e. The summed E-state index contributed by atoms with van der Waals surface area (Å²) in [6.07, 6.45) is 1.49. The second-order valence-corrected chi connectivity index (χ2v) is 5.90. The monoisotopic (exact) mass is 276 g/mol. The number of carbonyl (C=O) groups excluding carboxylic acids is 1. The van der Waals surface area contributed by atoms with Crippen molar-refractivity contribution in [2.24, 2.45) is 11.7 Å². The van der Waals surface area contributed by atoms with Crippen molar-refractivity contribution < 1.29 is 9.53 Å². The van der Waals surface area contributed by atoms with Crippen LogP contribution in [0, 0.1) is 5.92 Å². The van der Waals surface area contributed by atoms with E-state index < -0.39 is 6.10 Å². The maximum absolute atomic E-state index is 11.9. The zero-order chi connectivity index (χ0) is 14.7. The lowest BCUT2D eigenvalue weighted by Gasteiger charge is -2.16. The topological polar surface area (TPSA) is 64.3 Å². The number of amides is 1. The highest BCUT2D eigenvalue weighted by molar-refractivity contribution is 5.80. The average Bonchev–Trinajstić information content (AvgIpc) is 2.77. The molecule has 1 aliphatic carbocycles. The molecule has 2 atom stereocenters. The van der Waals surface area contributed by atoms with E-state index in [1.807, 2.05) is 18.2 Å². The average molecular weight is 276 g/mol. The van der Waals surface area contributed by atoms with E-state index in [2.05, 4.69) is 19.2 Å². The first kappa shape index (κ1) is 14.9. The number of benzene rings is 1. The molecule has 2 unspecified atom stereocenters. The highest BCUT2D eigenvalue weighted by atomic mass is 16.5. The molecule has 0 spiro atoms. The van der Waals surface area contributed by atoms with Gasteiger partial charge in [0.2, 0.25) is 0 Å². The molecule has 0 saturated carbocycles. The Balaban J connectivity index is 1.95. The fourth-order valence-electron chi connectivity index (χ4n) is 2.41. The highest BCUT2D eigenvalue weighted by Crippen LogP contribution is 2.32. The van der Waals surface area contributed by atoms with Gasteiger partial charge in [-0.05, 0) is 48.9 Å². The zero-order valence-electron chi connectivity index (χ0n) is 12.5. The molecular weight excluding hydrogens is 252 g/mol. The molecule has 0 bridgehead atoms. The van der Waals surface area contributed by atoms with Crippen LogP contribution in [0.5, 0.6) is 5.75 Å². The first-order chi connectivity index (χ1) is 9.47. The summed E-state index contributed by atoms with van der Waals surface area (Å²) in [7, 11) is 0. The van der Waals surface area contributed by atoms with E-state index >= 15 is 0 Å². The van der Waals surface area contributed by atoms with Crippen molar-refractivity contribution in [1.29, 1.82) is 0 Å². The van der Waals surface area contributed by atoms with Crippen molar-refractivity contribution in [3.05, 3.63) is 29.3 Å². The lowest BCUT2D eigenvalue weighted by Crippen LogP contribution is -2.38. The van der Waals surface area contributed by atoms with Crippen LogP contribution in [0.2, 0.25) is 0 Å². The smallest absolute Gasteiger partial charge is 0.260 e. The van der Waals surface area contributed by atoms with Crippen LogP contribution in [0.1, 0.15) is 44.4 Å². The van der Waals surface area contributed by atoms with E-state index in [4.69, 9.17) is 10.5 Å². The minimum absolute atomic E-state index is 0.0732. The van der Waals surface area contributed by atoms with E-state index in [1.165, 1.54) is 11.1 Å². The molecule has 4 nitrogen and oxygen atoms in total. The number of hydrogen-bond acceptors (Lipinski definition) is 3. The summed E-state index contributed by atoms with van der Waals surface area (Å²) in [4.78, 5) is 11.9. The number of fused-ring (bicyclic) bond motifs is 1. The summed E-state index contributed by atoms with van der Waals surface area (Å²) in [5.41, 5.74) is 8.45. The van der Waals surface area contributed by atoms with Crippen LogP contribution in [-0.4, -0.2) is 18.6 Å². The van der Waals surface area contributed by atoms with E-state index in [-0.39, 0.29) is 11.9 Å². The lowest BCUT2D eigenvalue weighted by atomic mass is 10.1. The molecule has 1 aromatic rings. The number of rotatable bonds is 5. The van der Waals surface area contributed by atoms with Gasteiger partial charge in [-0.1, -0.05) is 19.9 Å². The molecule has 110 valence electrons. The first-order valence-electron chi connectivity index (χ1n) is 7.30. The summed E-state index contributed by atoms with van der Waals surface area (Å²) >= 11 is 0. The predicted octanol–water partition coefficient (Wildman–Crippen LogP) is 2.17. The highest BCUT2D eigenvalue weighted by Gasteiger charge is 2.20. The molecule has 4 heteroatoms. The predicted molar refractivity (Wildman–Crippen MR) is 79.6 cm³/mol. The Labute approximate surface area is 120 Å². The number of carbonyl (C=O) groups is 1. The first-order valence-corrected chi connectivity index (χ1v) is 7.30. The third-order valence-corrected chi connectivity index (χ3v) is 3.61. The lowest BCUT2D eigenvalue weighted by molar-refractivity contribution is -0.127. The molecule has 1 amide bonds. The van der Waals surface area contributed by atoms with Crippen LogP contribution in [0.15, 0.2) is 18.2 Å². The molecule has 0 aromatic heterocycles. The summed E-state index contributed by atoms with van der Waals surface area (Å²) in [5.74, 6) is 1.11. The molecule has 0 radical (unpaired) electrons. The normalized spacial score (nSPS) is 18.8. The molecule has 0 heterocycles. The SMILES string of the molecule is CC(C)CNC(=O)C(C)Oc1ccc2c(c1)CCC2N. The van der Waals surface area contributed by atoms with Crippen LogP contribution < -0.4 is 15.8 Å². The van der Waals surface area contributed by atoms with Gasteiger partial charge in [-0.3, -0.25) is 4.79 Å². The van der Waals surface area contributed by atoms with Gasteiger partial charge in [0.05, 0.1) is 0 Å². The standard InChI is InChI=1S/C16H24N2O2/c1-10(2)9-18-16(19)11(3)20-13-5-6-14-12(8-13)4-7-15(14)17/h5-6,8,10-11,15H,4,7,9,17H2,1-3H3,(H,18,19). The summed E-state index contributed by atoms with van der Waals surface area (Å²) in [6.45, 7) is 6.57.